The topological polar surface area (TPSA) is 50.1 Å². The molecular weight excluding hydrogens is 258 g/mol. The van der Waals surface area contributed by atoms with Crippen molar-refractivity contribution in [3.63, 3.8) is 0 Å². The van der Waals surface area contributed by atoms with Gasteiger partial charge in [-0.2, -0.15) is 5.26 Å². The van der Waals surface area contributed by atoms with Gasteiger partial charge in [0.15, 0.2) is 0 Å². The van der Waals surface area contributed by atoms with Crippen molar-refractivity contribution in [3.05, 3.63) is 33.3 Å². The summed E-state index contributed by atoms with van der Waals surface area (Å²) >= 11 is 3.37. The van der Waals surface area contributed by atoms with E-state index in [9.17, 15) is 4.79 Å². The van der Waals surface area contributed by atoms with E-state index in [4.69, 9.17) is 5.26 Å². The Hall–Kier alpha value is -1.34. The minimum atomic E-state index is -0.292. The van der Waals surface area contributed by atoms with Gasteiger partial charge >= 0.3 is 5.97 Å². The zero-order chi connectivity index (χ0) is 11.4. The number of rotatable bonds is 2. The fourth-order valence-electron chi connectivity index (χ4n) is 1.23. The van der Waals surface area contributed by atoms with E-state index in [1.54, 1.807) is 12.1 Å². The van der Waals surface area contributed by atoms with E-state index >= 15 is 0 Å². The van der Waals surface area contributed by atoms with Crippen LogP contribution in [0.15, 0.2) is 16.6 Å². The van der Waals surface area contributed by atoms with Crippen LogP contribution in [0.2, 0.25) is 0 Å². The number of nitrogens with zero attached hydrogens (tertiary/aromatic N) is 1. The minimum absolute atomic E-state index is 0.212. The second-order valence-corrected chi connectivity index (χ2v) is 3.87. The molecule has 0 aliphatic rings. The first-order valence-electron chi connectivity index (χ1n) is 4.35. The number of ether oxygens (including phenoxy) is 1. The summed E-state index contributed by atoms with van der Waals surface area (Å²) in [6.07, 6.45) is 0.212. The van der Waals surface area contributed by atoms with Crippen LogP contribution in [0.5, 0.6) is 0 Å². The van der Waals surface area contributed by atoms with E-state index in [1.165, 1.54) is 7.11 Å². The molecular formula is C11H10BrNO2. The predicted molar refractivity (Wildman–Crippen MR) is 59.3 cm³/mol. The van der Waals surface area contributed by atoms with Crippen LogP contribution < -0.4 is 0 Å². The average molecular weight is 268 g/mol. The first-order valence-corrected chi connectivity index (χ1v) is 5.14. The molecule has 0 bridgehead atoms. The molecule has 0 aromatic heterocycles. The number of carbonyl (C=O) groups is 1. The molecule has 15 heavy (non-hydrogen) atoms. The highest BCUT2D eigenvalue weighted by molar-refractivity contribution is 9.10. The molecule has 0 fully saturated rings. The van der Waals surface area contributed by atoms with Crippen molar-refractivity contribution in [3.8, 4) is 6.07 Å². The fraction of sp³-hybridized carbons (Fsp3) is 0.273. The molecule has 1 aromatic rings. The van der Waals surface area contributed by atoms with E-state index in [-0.39, 0.29) is 12.4 Å². The normalized spacial score (nSPS) is 9.47. The van der Waals surface area contributed by atoms with Crippen molar-refractivity contribution in [1.82, 2.24) is 0 Å². The van der Waals surface area contributed by atoms with Gasteiger partial charge in [-0.1, -0.05) is 22.0 Å². The second-order valence-electron chi connectivity index (χ2n) is 3.08. The van der Waals surface area contributed by atoms with Gasteiger partial charge in [-0.25, -0.2) is 0 Å². The van der Waals surface area contributed by atoms with Crippen LogP contribution in [0.3, 0.4) is 0 Å². The van der Waals surface area contributed by atoms with Crippen molar-refractivity contribution in [2.75, 3.05) is 7.11 Å². The van der Waals surface area contributed by atoms with E-state index in [0.29, 0.717) is 5.56 Å². The first-order chi connectivity index (χ1) is 7.10. The van der Waals surface area contributed by atoms with Gasteiger partial charge in [0.25, 0.3) is 0 Å². The quantitative estimate of drug-likeness (QED) is 0.773. The lowest BCUT2D eigenvalue weighted by atomic mass is 10.0. The number of benzene rings is 1. The molecule has 0 saturated carbocycles. The molecule has 0 radical (unpaired) electrons. The lowest BCUT2D eigenvalue weighted by Crippen LogP contribution is -2.05. The van der Waals surface area contributed by atoms with Crippen LogP contribution >= 0.6 is 15.9 Å². The molecule has 0 aliphatic heterocycles. The summed E-state index contributed by atoms with van der Waals surface area (Å²) in [6, 6.07) is 5.55. The Labute approximate surface area is 96.8 Å². The maximum Gasteiger partial charge on any atom is 0.310 e. The molecule has 3 nitrogen and oxygen atoms in total. The molecule has 0 N–H and O–H groups in total. The second kappa shape index (κ2) is 4.94. The van der Waals surface area contributed by atoms with Gasteiger partial charge in [0, 0.05) is 4.47 Å². The van der Waals surface area contributed by atoms with Crippen LogP contribution in [-0.2, 0) is 16.0 Å². The standard InChI is InChI=1S/C11H10BrNO2/c1-7-9(6-13)4-3-8(11(7)12)5-10(14)15-2/h3-4H,5H2,1-2H3. The molecule has 78 valence electrons. The Morgan fingerprint density at radius 2 is 2.27 bits per heavy atom. The Morgan fingerprint density at radius 1 is 1.60 bits per heavy atom. The summed E-state index contributed by atoms with van der Waals surface area (Å²) in [5.41, 5.74) is 2.28. The summed E-state index contributed by atoms with van der Waals surface area (Å²) in [5, 5.41) is 8.80. The maximum absolute atomic E-state index is 11.1. The highest BCUT2D eigenvalue weighted by Crippen LogP contribution is 2.24. The van der Waals surface area contributed by atoms with Gasteiger partial charge in [-0.3, -0.25) is 4.79 Å². The summed E-state index contributed by atoms with van der Waals surface area (Å²) in [7, 11) is 1.35. The number of hydrogen-bond acceptors (Lipinski definition) is 3. The number of methoxy groups -OCH3 is 1. The Balaban J connectivity index is 3.08. The summed E-state index contributed by atoms with van der Waals surface area (Å²) in [6.45, 7) is 1.84. The zero-order valence-corrected chi connectivity index (χ0v) is 10.1. The van der Waals surface area contributed by atoms with E-state index in [2.05, 4.69) is 26.7 Å². The number of halogens is 1. The fourth-order valence-corrected chi connectivity index (χ4v) is 1.71. The molecule has 0 amide bonds. The SMILES string of the molecule is COC(=O)Cc1ccc(C#N)c(C)c1Br. The highest BCUT2D eigenvalue weighted by Gasteiger charge is 2.10. The number of carbonyl (C=O) groups excluding carboxylic acids is 1. The predicted octanol–water partition coefficient (Wildman–Crippen LogP) is 2.34. The van der Waals surface area contributed by atoms with Crippen molar-refractivity contribution in [1.29, 1.82) is 5.26 Å². The number of hydrogen-bond donors (Lipinski definition) is 0. The van der Waals surface area contributed by atoms with Crippen LogP contribution in [0.25, 0.3) is 0 Å². The maximum atomic E-state index is 11.1. The smallest absolute Gasteiger partial charge is 0.310 e. The molecule has 0 spiro atoms. The van der Waals surface area contributed by atoms with E-state index < -0.39 is 0 Å². The van der Waals surface area contributed by atoms with Crippen molar-refractivity contribution >= 4 is 21.9 Å². The van der Waals surface area contributed by atoms with Gasteiger partial charge in [0.1, 0.15) is 0 Å². The molecule has 0 unspecified atom stereocenters. The number of esters is 1. The van der Waals surface area contributed by atoms with Gasteiger partial charge < -0.3 is 4.74 Å². The molecule has 4 heteroatoms. The Kier molecular flexibility index (Phi) is 3.87. The molecule has 0 aliphatic carbocycles. The molecule has 0 heterocycles. The van der Waals surface area contributed by atoms with Crippen LogP contribution in [-0.4, -0.2) is 13.1 Å². The summed E-state index contributed by atoms with van der Waals surface area (Å²) in [5.74, 6) is -0.292. The first kappa shape index (κ1) is 11.7. The third-order valence-corrected chi connectivity index (χ3v) is 3.25. The molecule has 1 rings (SSSR count). The monoisotopic (exact) mass is 267 g/mol. The lowest BCUT2D eigenvalue weighted by molar-refractivity contribution is -0.139. The van der Waals surface area contributed by atoms with E-state index in [1.807, 2.05) is 6.92 Å². The van der Waals surface area contributed by atoms with Crippen LogP contribution in [0.4, 0.5) is 0 Å². The van der Waals surface area contributed by atoms with Gasteiger partial charge in [-0.15, -0.1) is 0 Å². The van der Waals surface area contributed by atoms with Gasteiger partial charge in [0.2, 0.25) is 0 Å². The molecule has 0 saturated heterocycles. The van der Waals surface area contributed by atoms with Gasteiger partial charge in [-0.05, 0) is 24.1 Å². The van der Waals surface area contributed by atoms with Crippen molar-refractivity contribution in [2.45, 2.75) is 13.3 Å². The molecule has 0 atom stereocenters. The van der Waals surface area contributed by atoms with Crippen molar-refractivity contribution in [2.24, 2.45) is 0 Å². The van der Waals surface area contributed by atoms with E-state index in [0.717, 1.165) is 15.6 Å². The average Bonchev–Trinajstić information content (AvgIpc) is 2.25. The Morgan fingerprint density at radius 3 is 2.80 bits per heavy atom. The summed E-state index contributed by atoms with van der Waals surface area (Å²) in [4.78, 5) is 11.1. The van der Waals surface area contributed by atoms with Gasteiger partial charge in [0.05, 0.1) is 25.2 Å². The van der Waals surface area contributed by atoms with Crippen molar-refractivity contribution < 1.29 is 9.53 Å². The molecule has 1 aromatic carbocycles. The minimum Gasteiger partial charge on any atom is -0.469 e. The number of nitriles is 1. The zero-order valence-electron chi connectivity index (χ0n) is 8.50. The lowest BCUT2D eigenvalue weighted by Gasteiger charge is -2.07. The van der Waals surface area contributed by atoms with Crippen LogP contribution in [0, 0.1) is 18.3 Å². The largest absolute Gasteiger partial charge is 0.469 e. The van der Waals surface area contributed by atoms with Crippen LogP contribution in [0.1, 0.15) is 16.7 Å². The summed E-state index contributed by atoms with van der Waals surface area (Å²) < 4.78 is 5.38. The Bertz CT molecular complexity index is 435. The third kappa shape index (κ3) is 2.57. The highest BCUT2D eigenvalue weighted by atomic mass is 79.9. The third-order valence-electron chi connectivity index (χ3n) is 2.15.